The molecule has 1 aliphatic rings. The van der Waals surface area contributed by atoms with Crippen LogP contribution in [0.2, 0.25) is 0 Å². The van der Waals surface area contributed by atoms with Crippen LogP contribution >= 0.6 is 0 Å². The molecule has 1 saturated heterocycles. The number of rotatable bonds is 4. The third-order valence-corrected chi connectivity index (χ3v) is 3.62. The van der Waals surface area contributed by atoms with Crippen LogP contribution in [-0.2, 0) is 16.1 Å². The lowest BCUT2D eigenvalue weighted by Gasteiger charge is -2.19. The number of benzene rings is 1. The first-order chi connectivity index (χ1) is 9.63. The molecular weight excluding hydrogens is 254 g/mol. The van der Waals surface area contributed by atoms with E-state index in [0.29, 0.717) is 13.2 Å². The number of likely N-dealkylation sites (tertiary alicyclic amines) is 1. The lowest BCUT2D eigenvalue weighted by Crippen LogP contribution is -2.34. The summed E-state index contributed by atoms with van der Waals surface area (Å²) in [4.78, 5) is 13.3. The van der Waals surface area contributed by atoms with Gasteiger partial charge in [-0.25, -0.2) is 4.79 Å². The normalized spacial score (nSPS) is 21.8. The molecule has 0 spiro atoms. The smallest absolute Gasteiger partial charge is 0.409 e. The molecule has 0 N–H and O–H groups in total. The Balaban J connectivity index is 1.89. The molecule has 1 aliphatic heterocycles. The summed E-state index contributed by atoms with van der Waals surface area (Å²) in [6.45, 7) is 6.91. The van der Waals surface area contributed by atoms with Gasteiger partial charge in [0.2, 0.25) is 0 Å². The largest absolute Gasteiger partial charge is 0.453 e. The third-order valence-electron chi connectivity index (χ3n) is 3.62. The molecule has 1 aromatic rings. The van der Waals surface area contributed by atoms with Gasteiger partial charge in [-0.15, -0.1) is 0 Å². The molecule has 1 aromatic carbocycles. The quantitative estimate of drug-likeness (QED) is 0.847. The number of amides is 1. The third kappa shape index (κ3) is 3.39. The zero-order chi connectivity index (χ0) is 14.5. The minimum atomic E-state index is -0.280. The highest BCUT2D eigenvalue weighted by Gasteiger charge is 2.33. The molecule has 2 rings (SSSR count). The van der Waals surface area contributed by atoms with E-state index >= 15 is 0 Å². The Morgan fingerprint density at radius 3 is 3.05 bits per heavy atom. The van der Waals surface area contributed by atoms with Crippen molar-refractivity contribution in [3.8, 4) is 0 Å². The summed E-state index contributed by atoms with van der Waals surface area (Å²) < 4.78 is 10.7. The van der Waals surface area contributed by atoms with Crippen LogP contribution in [0.3, 0.4) is 0 Å². The van der Waals surface area contributed by atoms with Crippen LogP contribution < -0.4 is 0 Å². The van der Waals surface area contributed by atoms with Gasteiger partial charge < -0.3 is 14.4 Å². The van der Waals surface area contributed by atoms with Crippen LogP contribution in [0.25, 0.3) is 6.08 Å². The van der Waals surface area contributed by atoms with Gasteiger partial charge >= 0.3 is 6.09 Å². The Labute approximate surface area is 120 Å². The van der Waals surface area contributed by atoms with Gasteiger partial charge in [-0.1, -0.05) is 30.9 Å². The maximum atomic E-state index is 11.6. The molecule has 0 bridgehead atoms. The topological polar surface area (TPSA) is 38.8 Å². The summed E-state index contributed by atoms with van der Waals surface area (Å²) in [6, 6.07) is 8.25. The van der Waals surface area contributed by atoms with Gasteiger partial charge in [0.25, 0.3) is 0 Å². The van der Waals surface area contributed by atoms with E-state index in [2.05, 4.69) is 12.6 Å². The van der Waals surface area contributed by atoms with Crippen molar-refractivity contribution in [3.05, 3.63) is 42.0 Å². The molecule has 20 heavy (non-hydrogen) atoms. The summed E-state index contributed by atoms with van der Waals surface area (Å²) in [5, 5.41) is 0. The number of nitrogens with zero attached hydrogens (tertiary/aromatic N) is 1. The fourth-order valence-corrected chi connectivity index (χ4v) is 2.50. The van der Waals surface area contributed by atoms with E-state index in [9.17, 15) is 4.79 Å². The number of carbonyl (C=O) groups excluding carboxylic acids is 1. The minimum absolute atomic E-state index is 0.0662. The van der Waals surface area contributed by atoms with Crippen LogP contribution in [0.4, 0.5) is 4.79 Å². The summed E-state index contributed by atoms with van der Waals surface area (Å²) >= 11 is 0. The van der Waals surface area contributed by atoms with Crippen LogP contribution in [-0.4, -0.2) is 36.8 Å². The molecule has 4 nitrogen and oxygen atoms in total. The van der Waals surface area contributed by atoms with Crippen molar-refractivity contribution in [2.45, 2.75) is 32.1 Å². The molecule has 0 saturated carbocycles. The van der Waals surface area contributed by atoms with E-state index in [-0.39, 0.29) is 18.2 Å². The second kappa shape index (κ2) is 6.57. The van der Waals surface area contributed by atoms with E-state index in [1.165, 1.54) is 7.11 Å². The molecule has 1 fully saturated rings. The molecule has 0 aliphatic carbocycles. The molecule has 1 heterocycles. The van der Waals surface area contributed by atoms with Crippen molar-refractivity contribution in [3.63, 3.8) is 0 Å². The van der Waals surface area contributed by atoms with Crippen LogP contribution in [0.5, 0.6) is 0 Å². The summed E-state index contributed by atoms with van der Waals surface area (Å²) in [6.07, 6.45) is 2.45. The highest BCUT2D eigenvalue weighted by Crippen LogP contribution is 2.22. The van der Waals surface area contributed by atoms with E-state index in [1.807, 2.05) is 31.2 Å². The van der Waals surface area contributed by atoms with Crippen molar-refractivity contribution in [1.82, 2.24) is 4.90 Å². The predicted octanol–water partition coefficient (Wildman–Crippen LogP) is 3.08. The Morgan fingerprint density at radius 2 is 2.35 bits per heavy atom. The van der Waals surface area contributed by atoms with Gasteiger partial charge in [-0.2, -0.15) is 0 Å². The average molecular weight is 275 g/mol. The molecule has 0 radical (unpaired) electrons. The molecule has 0 unspecified atom stereocenters. The van der Waals surface area contributed by atoms with Gasteiger partial charge in [0.05, 0.1) is 26.4 Å². The molecule has 108 valence electrons. The standard InChI is InChI=1S/C16H21NO3/c1-4-13-6-5-7-14(9-13)11-20-15-8-12(2)17(10-15)16(18)19-3/h4-7,9,12,15H,1,8,10-11H2,2-3H3/t12-,15-/m1/s1. The van der Waals surface area contributed by atoms with Crippen LogP contribution in [0.15, 0.2) is 30.8 Å². The Hall–Kier alpha value is -1.81. The van der Waals surface area contributed by atoms with Gasteiger partial charge in [0.15, 0.2) is 0 Å². The van der Waals surface area contributed by atoms with E-state index < -0.39 is 0 Å². The average Bonchev–Trinajstić information content (AvgIpc) is 2.85. The van der Waals surface area contributed by atoms with Gasteiger partial charge in [0, 0.05) is 6.04 Å². The van der Waals surface area contributed by atoms with E-state index in [4.69, 9.17) is 9.47 Å². The monoisotopic (exact) mass is 275 g/mol. The molecule has 1 amide bonds. The number of ether oxygens (including phenoxy) is 2. The van der Waals surface area contributed by atoms with Crippen LogP contribution in [0.1, 0.15) is 24.5 Å². The lowest BCUT2D eigenvalue weighted by atomic mass is 10.1. The second-order valence-corrected chi connectivity index (χ2v) is 5.09. The maximum Gasteiger partial charge on any atom is 0.409 e. The minimum Gasteiger partial charge on any atom is -0.453 e. The molecule has 4 heteroatoms. The SMILES string of the molecule is C=Cc1cccc(CO[C@@H]2C[C@@H](C)N(C(=O)OC)C2)c1. The first-order valence-corrected chi connectivity index (χ1v) is 6.81. The summed E-state index contributed by atoms with van der Waals surface area (Å²) in [5.74, 6) is 0. The Bertz CT molecular complexity index is 486. The highest BCUT2D eigenvalue weighted by molar-refractivity contribution is 5.68. The highest BCUT2D eigenvalue weighted by atomic mass is 16.5. The van der Waals surface area contributed by atoms with Crippen molar-refractivity contribution < 1.29 is 14.3 Å². The van der Waals surface area contributed by atoms with Crippen molar-refractivity contribution in [2.75, 3.05) is 13.7 Å². The molecule has 0 aromatic heterocycles. The summed E-state index contributed by atoms with van der Waals surface area (Å²) in [7, 11) is 1.41. The Kier molecular flexibility index (Phi) is 4.79. The number of carbonyl (C=O) groups is 1. The van der Waals surface area contributed by atoms with Crippen LogP contribution in [0, 0.1) is 0 Å². The van der Waals surface area contributed by atoms with Crippen molar-refractivity contribution >= 4 is 12.2 Å². The van der Waals surface area contributed by atoms with Gasteiger partial charge in [-0.3, -0.25) is 0 Å². The number of hydrogen-bond donors (Lipinski definition) is 0. The van der Waals surface area contributed by atoms with Gasteiger partial charge in [-0.05, 0) is 30.5 Å². The number of hydrogen-bond acceptors (Lipinski definition) is 3. The molecular formula is C16H21NO3. The van der Waals surface area contributed by atoms with Crippen molar-refractivity contribution in [1.29, 1.82) is 0 Å². The fourth-order valence-electron chi connectivity index (χ4n) is 2.50. The van der Waals surface area contributed by atoms with Gasteiger partial charge in [0.1, 0.15) is 0 Å². The first-order valence-electron chi connectivity index (χ1n) is 6.81. The molecule has 2 atom stereocenters. The van der Waals surface area contributed by atoms with E-state index in [0.717, 1.165) is 17.5 Å². The van der Waals surface area contributed by atoms with E-state index in [1.54, 1.807) is 4.90 Å². The number of methoxy groups -OCH3 is 1. The lowest BCUT2D eigenvalue weighted by molar-refractivity contribution is 0.0454. The maximum absolute atomic E-state index is 11.6. The fraction of sp³-hybridized carbons (Fsp3) is 0.438. The zero-order valence-corrected chi connectivity index (χ0v) is 12.0. The Morgan fingerprint density at radius 1 is 1.55 bits per heavy atom. The predicted molar refractivity (Wildman–Crippen MR) is 78.3 cm³/mol. The second-order valence-electron chi connectivity index (χ2n) is 5.09. The summed E-state index contributed by atoms with van der Waals surface area (Å²) in [5.41, 5.74) is 2.20. The van der Waals surface area contributed by atoms with Crippen molar-refractivity contribution in [2.24, 2.45) is 0 Å². The first kappa shape index (κ1) is 14.6. The zero-order valence-electron chi connectivity index (χ0n) is 12.0.